The maximum Gasteiger partial charge on any atom is 0.122 e. The highest BCUT2D eigenvalue weighted by atomic mass is 16.5. The third kappa shape index (κ3) is 1.88. The second-order valence-corrected chi connectivity index (χ2v) is 3.53. The van der Waals surface area contributed by atoms with Crippen molar-refractivity contribution >= 4 is 0 Å². The number of ether oxygens (including phenoxy) is 1. The SMILES string of the molecule is COc1cc(C)c(C(C)C#N)cc1C. The molecule has 1 aromatic rings. The van der Waals surface area contributed by atoms with Crippen molar-refractivity contribution in [3.63, 3.8) is 0 Å². The average molecular weight is 189 g/mol. The lowest BCUT2D eigenvalue weighted by Gasteiger charge is -2.12. The molecule has 0 saturated heterocycles. The molecule has 0 aromatic heterocycles. The minimum Gasteiger partial charge on any atom is -0.496 e. The van der Waals surface area contributed by atoms with Gasteiger partial charge in [-0.15, -0.1) is 0 Å². The van der Waals surface area contributed by atoms with Gasteiger partial charge in [-0.2, -0.15) is 5.26 Å². The lowest BCUT2D eigenvalue weighted by Crippen LogP contribution is -1.97. The largest absolute Gasteiger partial charge is 0.496 e. The maximum absolute atomic E-state index is 8.85. The molecule has 1 aromatic carbocycles. The fourth-order valence-electron chi connectivity index (χ4n) is 1.57. The van der Waals surface area contributed by atoms with Crippen LogP contribution in [-0.2, 0) is 0 Å². The Morgan fingerprint density at radius 2 is 1.93 bits per heavy atom. The number of aryl methyl sites for hydroxylation is 2. The highest BCUT2D eigenvalue weighted by Crippen LogP contribution is 2.26. The van der Waals surface area contributed by atoms with Gasteiger partial charge in [0.15, 0.2) is 0 Å². The van der Waals surface area contributed by atoms with Crippen LogP contribution in [0.25, 0.3) is 0 Å². The fraction of sp³-hybridized carbons (Fsp3) is 0.417. The first kappa shape index (κ1) is 10.6. The van der Waals surface area contributed by atoms with E-state index in [9.17, 15) is 0 Å². The van der Waals surface area contributed by atoms with E-state index in [1.807, 2.05) is 32.9 Å². The summed E-state index contributed by atoms with van der Waals surface area (Å²) in [5, 5.41) is 8.85. The van der Waals surface area contributed by atoms with E-state index in [4.69, 9.17) is 10.00 Å². The molecule has 1 unspecified atom stereocenters. The van der Waals surface area contributed by atoms with Crippen LogP contribution in [0.2, 0.25) is 0 Å². The number of methoxy groups -OCH3 is 1. The van der Waals surface area contributed by atoms with Crippen LogP contribution in [0.4, 0.5) is 0 Å². The predicted octanol–water partition coefficient (Wildman–Crippen LogP) is 2.94. The van der Waals surface area contributed by atoms with Crippen molar-refractivity contribution in [2.45, 2.75) is 26.7 Å². The second kappa shape index (κ2) is 4.15. The van der Waals surface area contributed by atoms with Gasteiger partial charge in [-0.25, -0.2) is 0 Å². The third-order valence-electron chi connectivity index (χ3n) is 2.44. The van der Waals surface area contributed by atoms with Crippen molar-refractivity contribution < 1.29 is 4.74 Å². The first-order valence-electron chi connectivity index (χ1n) is 4.65. The van der Waals surface area contributed by atoms with Crippen molar-refractivity contribution in [3.8, 4) is 11.8 Å². The molecular weight excluding hydrogens is 174 g/mol. The van der Waals surface area contributed by atoms with Gasteiger partial charge >= 0.3 is 0 Å². The molecule has 0 bridgehead atoms. The molecule has 0 aliphatic rings. The van der Waals surface area contributed by atoms with E-state index >= 15 is 0 Å². The second-order valence-electron chi connectivity index (χ2n) is 3.53. The van der Waals surface area contributed by atoms with Crippen molar-refractivity contribution in [1.82, 2.24) is 0 Å². The molecule has 0 amide bonds. The normalized spacial score (nSPS) is 11.9. The Morgan fingerprint density at radius 3 is 2.43 bits per heavy atom. The van der Waals surface area contributed by atoms with Crippen LogP contribution in [0, 0.1) is 25.2 Å². The lowest BCUT2D eigenvalue weighted by atomic mass is 9.95. The molecule has 0 fully saturated rings. The lowest BCUT2D eigenvalue weighted by molar-refractivity contribution is 0.411. The molecule has 0 aliphatic carbocycles. The van der Waals surface area contributed by atoms with Crippen molar-refractivity contribution in [1.29, 1.82) is 5.26 Å². The molecule has 1 rings (SSSR count). The van der Waals surface area contributed by atoms with Crippen LogP contribution in [0.5, 0.6) is 5.75 Å². The zero-order valence-corrected chi connectivity index (χ0v) is 9.09. The Labute approximate surface area is 85.1 Å². The summed E-state index contributed by atoms with van der Waals surface area (Å²) >= 11 is 0. The van der Waals surface area contributed by atoms with Crippen LogP contribution in [0.3, 0.4) is 0 Å². The summed E-state index contributed by atoms with van der Waals surface area (Å²) in [6.07, 6.45) is 0. The number of nitriles is 1. The summed E-state index contributed by atoms with van der Waals surface area (Å²) in [7, 11) is 1.66. The van der Waals surface area contributed by atoms with Gasteiger partial charge in [-0.1, -0.05) is 6.07 Å². The molecule has 0 N–H and O–H groups in total. The van der Waals surface area contributed by atoms with Gasteiger partial charge in [0.05, 0.1) is 19.1 Å². The van der Waals surface area contributed by atoms with E-state index in [1.165, 1.54) is 0 Å². The highest BCUT2D eigenvalue weighted by molar-refractivity contribution is 5.44. The fourth-order valence-corrected chi connectivity index (χ4v) is 1.57. The highest BCUT2D eigenvalue weighted by Gasteiger charge is 2.10. The Kier molecular flexibility index (Phi) is 3.14. The van der Waals surface area contributed by atoms with Gasteiger partial charge in [0.2, 0.25) is 0 Å². The van der Waals surface area contributed by atoms with E-state index in [1.54, 1.807) is 7.11 Å². The van der Waals surface area contributed by atoms with E-state index in [-0.39, 0.29) is 5.92 Å². The molecule has 0 aliphatic heterocycles. The number of benzene rings is 1. The topological polar surface area (TPSA) is 33.0 Å². The maximum atomic E-state index is 8.85. The Balaban J connectivity index is 3.23. The Hall–Kier alpha value is -1.49. The van der Waals surface area contributed by atoms with Crippen LogP contribution < -0.4 is 4.74 Å². The summed E-state index contributed by atoms with van der Waals surface area (Å²) in [5.74, 6) is 0.830. The molecule has 1 atom stereocenters. The molecule has 0 spiro atoms. The van der Waals surface area contributed by atoms with Crippen LogP contribution in [-0.4, -0.2) is 7.11 Å². The summed E-state index contributed by atoms with van der Waals surface area (Å²) in [6, 6.07) is 6.26. The molecule has 14 heavy (non-hydrogen) atoms. The Bertz CT molecular complexity index is 377. The summed E-state index contributed by atoms with van der Waals surface area (Å²) in [5.41, 5.74) is 3.28. The van der Waals surface area contributed by atoms with E-state index < -0.39 is 0 Å². The molecule has 0 radical (unpaired) electrons. The zero-order chi connectivity index (χ0) is 10.7. The van der Waals surface area contributed by atoms with E-state index in [0.29, 0.717) is 0 Å². The van der Waals surface area contributed by atoms with Crippen LogP contribution in [0.1, 0.15) is 29.5 Å². The standard InChI is InChI=1S/C12H15NO/c1-8-6-12(14-4)9(2)5-11(8)10(3)7-13/h5-6,10H,1-4H3. The first-order valence-corrected chi connectivity index (χ1v) is 4.65. The van der Waals surface area contributed by atoms with E-state index in [0.717, 1.165) is 22.4 Å². The van der Waals surface area contributed by atoms with Gasteiger partial charge in [0.25, 0.3) is 0 Å². The van der Waals surface area contributed by atoms with E-state index in [2.05, 4.69) is 6.07 Å². The van der Waals surface area contributed by atoms with Crippen molar-refractivity contribution in [3.05, 3.63) is 28.8 Å². The number of rotatable bonds is 2. The third-order valence-corrected chi connectivity index (χ3v) is 2.44. The molecular formula is C12H15NO. The van der Waals surface area contributed by atoms with Crippen LogP contribution >= 0.6 is 0 Å². The average Bonchev–Trinajstić information content (AvgIpc) is 2.19. The quantitative estimate of drug-likeness (QED) is 0.716. The number of hydrogen-bond donors (Lipinski definition) is 0. The number of hydrogen-bond acceptors (Lipinski definition) is 2. The molecule has 74 valence electrons. The minimum absolute atomic E-state index is 0.0559. The molecule has 0 heterocycles. The van der Waals surface area contributed by atoms with Crippen LogP contribution in [0.15, 0.2) is 12.1 Å². The molecule has 2 nitrogen and oxygen atoms in total. The number of nitrogens with zero attached hydrogens (tertiary/aromatic N) is 1. The summed E-state index contributed by atoms with van der Waals surface area (Å²) < 4.78 is 5.21. The van der Waals surface area contributed by atoms with Crippen molar-refractivity contribution in [2.75, 3.05) is 7.11 Å². The minimum atomic E-state index is -0.0559. The van der Waals surface area contributed by atoms with Gasteiger partial charge in [-0.05, 0) is 43.5 Å². The summed E-state index contributed by atoms with van der Waals surface area (Å²) in [6.45, 7) is 5.91. The predicted molar refractivity (Wildman–Crippen MR) is 56.5 cm³/mol. The smallest absolute Gasteiger partial charge is 0.122 e. The summed E-state index contributed by atoms with van der Waals surface area (Å²) in [4.78, 5) is 0. The van der Waals surface area contributed by atoms with Gasteiger partial charge in [0, 0.05) is 0 Å². The van der Waals surface area contributed by atoms with Gasteiger partial charge in [0.1, 0.15) is 5.75 Å². The van der Waals surface area contributed by atoms with Crippen molar-refractivity contribution in [2.24, 2.45) is 0 Å². The molecule has 0 saturated carbocycles. The Morgan fingerprint density at radius 1 is 1.29 bits per heavy atom. The van der Waals surface area contributed by atoms with Gasteiger partial charge < -0.3 is 4.74 Å². The van der Waals surface area contributed by atoms with Gasteiger partial charge in [-0.3, -0.25) is 0 Å². The molecule has 2 heteroatoms. The monoisotopic (exact) mass is 189 g/mol. The zero-order valence-electron chi connectivity index (χ0n) is 9.09. The first-order chi connectivity index (χ1) is 6.60.